The minimum absolute atomic E-state index is 0.876. The van der Waals surface area contributed by atoms with E-state index in [9.17, 15) is 0 Å². The zero-order chi connectivity index (χ0) is 41.2. The molecule has 11 rings (SSSR count). The van der Waals surface area contributed by atoms with Crippen LogP contribution >= 0.6 is 0 Å². The van der Waals surface area contributed by atoms with Crippen molar-refractivity contribution in [3.63, 3.8) is 0 Å². The standard InChI is InChI=1S/C60H41NO/c1-2-11-42(12-3-1)50-16-10-17-51(39-50)46-29-35-55(36-30-46)61(56-37-31-47(32-38-56)52-26-23-43-13-4-5-14-49(43)40-52)54-33-27-45(28-34-54)44-21-24-48(25-22-44)57-18-7-8-19-58(57)60-41-53-15-6-9-20-59(53)62-60/h1-41H. The van der Waals surface area contributed by atoms with Crippen LogP contribution < -0.4 is 4.90 Å². The Kier molecular flexibility index (Phi) is 9.57. The average molecular weight is 792 g/mol. The number of hydrogen-bond donors (Lipinski definition) is 0. The van der Waals surface area contributed by atoms with Crippen LogP contribution in [0.1, 0.15) is 0 Å². The summed E-state index contributed by atoms with van der Waals surface area (Å²) in [4.78, 5) is 2.34. The first-order chi connectivity index (χ1) is 30.7. The normalized spacial score (nSPS) is 11.2. The number of rotatable bonds is 9. The molecule has 0 atom stereocenters. The van der Waals surface area contributed by atoms with Gasteiger partial charge in [-0.1, -0.05) is 188 Å². The van der Waals surface area contributed by atoms with Gasteiger partial charge in [0.1, 0.15) is 11.3 Å². The van der Waals surface area contributed by atoms with Crippen LogP contribution in [0.15, 0.2) is 253 Å². The van der Waals surface area contributed by atoms with Gasteiger partial charge in [0, 0.05) is 28.0 Å². The number of nitrogens with zero attached hydrogens (tertiary/aromatic N) is 1. The van der Waals surface area contributed by atoms with E-state index in [1.807, 2.05) is 18.2 Å². The van der Waals surface area contributed by atoms with E-state index in [0.717, 1.165) is 61.6 Å². The van der Waals surface area contributed by atoms with Gasteiger partial charge in [-0.3, -0.25) is 0 Å². The predicted octanol–water partition coefficient (Wildman–Crippen LogP) is 17.1. The van der Waals surface area contributed by atoms with E-state index < -0.39 is 0 Å². The Labute approximate surface area is 362 Å². The third-order valence-corrected chi connectivity index (χ3v) is 11.9. The second-order valence-corrected chi connectivity index (χ2v) is 15.8. The van der Waals surface area contributed by atoms with Gasteiger partial charge < -0.3 is 9.32 Å². The van der Waals surface area contributed by atoms with E-state index in [0.29, 0.717) is 0 Å². The largest absolute Gasteiger partial charge is 0.456 e. The maximum atomic E-state index is 6.29. The van der Waals surface area contributed by atoms with Crippen molar-refractivity contribution in [3.8, 4) is 67.0 Å². The molecule has 0 amide bonds. The number of furan rings is 1. The van der Waals surface area contributed by atoms with E-state index in [1.54, 1.807) is 0 Å². The third-order valence-electron chi connectivity index (χ3n) is 11.9. The molecule has 0 aliphatic carbocycles. The minimum Gasteiger partial charge on any atom is -0.456 e. The summed E-state index contributed by atoms with van der Waals surface area (Å²) in [5.41, 5.74) is 17.0. The number of hydrogen-bond acceptors (Lipinski definition) is 2. The van der Waals surface area contributed by atoms with Crippen LogP contribution in [-0.2, 0) is 0 Å². The molecule has 0 unspecified atom stereocenters. The van der Waals surface area contributed by atoms with Crippen molar-refractivity contribution >= 4 is 38.8 Å². The molecule has 0 aliphatic heterocycles. The summed E-state index contributed by atoms with van der Waals surface area (Å²) in [5.74, 6) is 0.876. The van der Waals surface area contributed by atoms with Crippen LogP contribution in [-0.4, -0.2) is 0 Å². The van der Waals surface area contributed by atoms with Crippen molar-refractivity contribution in [1.29, 1.82) is 0 Å². The maximum absolute atomic E-state index is 6.29. The summed E-state index contributed by atoms with van der Waals surface area (Å²) >= 11 is 0. The Morgan fingerprint density at radius 3 is 1.27 bits per heavy atom. The van der Waals surface area contributed by atoms with Gasteiger partial charge in [0.05, 0.1) is 0 Å². The topological polar surface area (TPSA) is 16.4 Å². The van der Waals surface area contributed by atoms with Gasteiger partial charge in [0.15, 0.2) is 0 Å². The lowest BCUT2D eigenvalue weighted by atomic mass is 9.95. The highest BCUT2D eigenvalue weighted by atomic mass is 16.3. The summed E-state index contributed by atoms with van der Waals surface area (Å²) in [6.07, 6.45) is 0. The van der Waals surface area contributed by atoms with Crippen molar-refractivity contribution in [2.45, 2.75) is 0 Å². The number of para-hydroxylation sites is 1. The Balaban J connectivity index is 0.910. The molecule has 0 N–H and O–H groups in total. The average Bonchev–Trinajstić information content (AvgIpc) is 3.80. The van der Waals surface area contributed by atoms with Crippen molar-refractivity contribution in [1.82, 2.24) is 0 Å². The van der Waals surface area contributed by atoms with Crippen molar-refractivity contribution in [2.75, 3.05) is 4.90 Å². The van der Waals surface area contributed by atoms with E-state index in [1.165, 1.54) is 44.2 Å². The van der Waals surface area contributed by atoms with Gasteiger partial charge in [-0.05, 0) is 127 Å². The summed E-state index contributed by atoms with van der Waals surface area (Å²) in [5, 5.41) is 3.60. The SMILES string of the molecule is c1ccc(-c2cccc(-c3ccc(N(c4ccc(-c5ccc(-c6ccccc6-c6cc7ccccc7o6)cc5)cc4)c4ccc(-c5ccc6ccccc6c5)cc4)cc3)c2)cc1. The molecule has 10 aromatic carbocycles. The lowest BCUT2D eigenvalue weighted by Gasteiger charge is -2.26. The number of benzene rings is 10. The molecule has 0 spiro atoms. The molecule has 0 radical (unpaired) electrons. The highest BCUT2D eigenvalue weighted by molar-refractivity contribution is 5.90. The molecule has 62 heavy (non-hydrogen) atoms. The first kappa shape index (κ1) is 36.8. The van der Waals surface area contributed by atoms with Crippen LogP contribution in [0.3, 0.4) is 0 Å². The number of fused-ring (bicyclic) bond motifs is 2. The highest BCUT2D eigenvalue weighted by Gasteiger charge is 2.16. The number of anilines is 3. The quantitative estimate of drug-likeness (QED) is 0.145. The summed E-state index contributed by atoms with van der Waals surface area (Å²) < 4.78 is 6.29. The first-order valence-corrected chi connectivity index (χ1v) is 21.1. The lowest BCUT2D eigenvalue weighted by molar-refractivity contribution is 0.632. The summed E-state index contributed by atoms with van der Waals surface area (Å²) in [6, 6.07) is 89.0. The molecule has 2 heteroatoms. The lowest BCUT2D eigenvalue weighted by Crippen LogP contribution is -2.09. The van der Waals surface area contributed by atoms with Crippen molar-refractivity contribution < 1.29 is 4.42 Å². The van der Waals surface area contributed by atoms with Crippen LogP contribution in [0.2, 0.25) is 0 Å². The van der Waals surface area contributed by atoms with Crippen LogP contribution in [0.25, 0.3) is 88.7 Å². The molecule has 1 aromatic heterocycles. The highest BCUT2D eigenvalue weighted by Crippen LogP contribution is 2.40. The molecule has 0 aliphatic rings. The Morgan fingerprint density at radius 1 is 0.242 bits per heavy atom. The van der Waals surface area contributed by atoms with Crippen LogP contribution in [0.4, 0.5) is 17.1 Å². The maximum Gasteiger partial charge on any atom is 0.136 e. The molecule has 0 saturated heterocycles. The molecule has 0 saturated carbocycles. The van der Waals surface area contributed by atoms with Crippen molar-refractivity contribution in [3.05, 3.63) is 249 Å². The second kappa shape index (κ2) is 16.1. The third kappa shape index (κ3) is 7.25. The molecule has 0 fully saturated rings. The molecule has 0 bridgehead atoms. The smallest absolute Gasteiger partial charge is 0.136 e. The fraction of sp³-hybridized carbons (Fsp3) is 0. The van der Waals surface area contributed by atoms with Crippen LogP contribution in [0, 0.1) is 0 Å². The fourth-order valence-corrected chi connectivity index (χ4v) is 8.64. The van der Waals surface area contributed by atoms with Gasteiger partial charge in [-0.25, -0.2) is 0 Å². The molecule has 292 valence electrons. The van der Waals surface area contributed by atoms with Gasteiger partial charge in [-0.15, -0.1) is 0 Å². The van der Waals surface area contributed by atoms with E-state index in [4.69, 9.17) is 4.42 Å². The van der Waals surface area contributed by atoms with E-state index >= 15 is 0 Å². The summed E-state index contributed by atoms with van der Waals surface area (Å²) in [6.45, 7) is 0. The molecule has 2 nitrogen and oxygen atoms in total. The van der Waals surface area contributed by atoms with Gasteiger partial charge in [-0.2, -0.15) is 0 Å². The Hall–Kier alpha value is -8.20. The van der Waals surface area contributed by atoms with Gasteiger partial charge in [0.2, 0.25) is 0 Å². The Morgan fingerprint density at radius 2 is 0.661 bits per heavy atom. The van der Waals surface area contributed by atoms with Gasteiger partial charge in [0.25, 0.3) is 0 Å². The van der Waals surface area contributed by atoms with Gasteiger partial charge >= 0.3 is 0 Å². The fourth-order valence-electron chi connectivity index (χ4n) is 8.64. The second-order valence-electron chi connectivity index (χ2n) is 15.8. The Bertz CT molecular complexity index is 3270. The first-order valence-electron chi connectivity index (χ1n) is 21.1. The van der Waals surface area contributed by atoms with Crippen molar-refractivity contribution in [2.24, 2.45) is 0 Å². The minimum atomic E-state index is 0.876. The zero-order valence-electron chi connectivity index (χ0n) is 34.0. The van der Waals surface area contributed by atoms with E-state index in [-0.39, 0.29) is 0 Å². The van der Waals surface area contributed by atoms with Crippen LogP contribution in [0.5, 0.6) is 0 Å². The zero-order valence-corrected chi connectivity index (χ0v) is 34.0. The molecule has 1 heterocycles. The monoisotopic (exact) mass is 791 g/mol. The summed E-state index contributed by atoms with van der Waals surface area (Å²) in [7, 11) is 0. The van der Waals surface area contributed by atoms with E-state index in [2.05, 4.69) is 235 Å². The molecular formula is C60H41NO. The predicted molar refractivity (Wildman–Crippen MR) is 261 cm³/mol. The molecular weight excluding hydrogens is 751 g/mol. The molecule has 11 aromatic rings.